The number of rotatable bonds is 8. The molecule has 5 nitrogen and oxygen atoms in total. The van der Waals surface area contributed by atoms with Crippen molar-refractivity contribution in [3.8, 4) is 5.75 Å². The first-order valence-corrected chi connectivity index (χ1v) is 10.8. The zero-order valence-corrected chi connectivity index (χ0v) is 17.5. The van der Waals surface area contributed by atoms with Crippen LogP contribution in [-0.4, -0.2) is 52.0 Å². The van der Waals surface area contributed by atoms with E-state index >= 15 is 0 Å². The maximum atomic E-state index is 5.51. The molecule has 0 saturated carbocycles. The Balaban J connectivity index is 1.38. The summed E-state index contributed by atoms with van der Waals surface area (Å²) in [4.78, 5) is 8.06. The second-order valence-corrected chi connectivity index (χ2v) is 7.98. The first-order valence-electron chi connectivity index (χ1n) is 9.80. The number of thioether (sulfide) groups is 1. The summed E-state index contributed by atoms with van der Waals surface area (Å²) in [6, 6.07) is 18.7. The second kappa shape index (κ2) is 10.9. The summed E-state index contributed by atoms with van der Waals surface area (Å²) in [6.07, 6.45) is 1.17. The van der Waals surface area contributed by atoms with Crippen LogP contribution in [0.3, 0.4) is 0 Å². The molecule has 28 heavy (non-hydrogen) atoms. The molecule has 0 spiro atoms. The summed E-state index contributed by atoms with van der Waals surface area (Å²) in [7, 11) is 3.56. The summed E-state index contributed by atoms with van der Waals surface area (Å²) >= 11 is 1.85. The van der Waals surface area contributed by atoms with Gasteiger partial charge in [-0.1, -0.05) is 30.3 Å². The van der Waals surface area contributed by atoms with Crippen molar-refractivity contribution >= 4 is 23.4 Å². The molecular weight excluding hydrogens is 368 g/mol. The van der Waals surface area contributed by atoms with Gasteiger partial charge in [-0.15, -0.1) is 11.8 Å². The van der Waals surface area contributed by atoms with Gasteiger partial charge in [0.1, 0.15) is 5.75 Å². The average Bonchev–Trinajstić information content (AvgIpc) is 3.23. The van der Waals surface area contributed by atoms with Crippen molar-refractivity contribution in [1.82, 2.24) is 10.6 Å². The summed E-state index contributed by atoms with van der Waals surface area (Å²) in [6.45, 7) is 3.91. The number of hydrogen-bond acceptors (Lipinski definition) is 4. The van der Waals surface area contributed by atoms with Gasteiger partial charge in [0.15, 0.2) is 5.96 Å². The van der Waals surface area contributed by atoms with Crippen LogP contribution in [0.2, 0.25) is 0 Å². The minimum atomic E-state index is 0.599. The topological polar surface area (TPSA) is 48.9 Å². The zero-order chi connectivity index (χ0) is 19.6. The molecule has 0 aromatic heterocycles. The first-order chi connectivity index (χ1) is 13.8. The van der Waals surface area contributed by atoms with Gasteiger partial charge in [-0.3, -0.25) is 4.99 Å². The fourth-order valence-electron chi connectivity index (χ4n) is 3.43. The van der Waals surface area contributed by atoms with E-state index in [1.54, 1.807) is 7.11 Å². The van der Waals surface area contributed by atoms with Crippen molar-refractivity contribution in [1.29, 1.82) is 0 Å². The molecule has 1 heterocycles. The van der Waals surface area contributed by atoms with Gasteiger partial charge in [0.05, 0.1) is 12.8 Å². The number of para-hydroxylation sites is 2. The van der Waals surface area contributed by atoms with E-state index in [-0.39, 0.29) is 0 Å². The van der Waals surface area contributed by atoms with Gasteiger partial charge in [-0.2, -0.15) is 0 Å². The van der Waals surface area contributed by atoms with Crippen LogP contribution in [0.15, 0.2) is 64.5 Å². The molecule has 1 saturated heterocycles. The fraction of sp³-hybridized carbons (Fsp3) is 0.409. The van der Waals surface area contributed by atoms with E-state index in [9.17, 15) is 0 Å². The molecular formula is C22H30N4OS. The normalized spacial score (nSPS) is 16.9. The van der Waals surface area contributed by atoms with Gasteiger partial charge in [-0.05, 0) is 36.6 Å². The minimum absolute atomic E-state index is 0.599. The summed E-state index contributed by atoms with van der Waals surface area (Å²) in [5.74, 6) is 3.44. The van der Waals surface area contributed by atoms with Crippen LogP contribution in [-0.2, 0) is 0 Å². The molecule has 0 amide bonds. The minimum Gasteiger partial charge on any atom is -0.495 e. The largest absolute Gasteiger partial charge is 0.495 e. The Morgan fingerprint density at radius 1 is 1.14 bits per heavy atom. The standard InChI is InChI=1S/C22H30N4OS/c1-23-22(24-13-15-28-19-8-4-3-5-9-19)25-16-18-12-14-26(17-18)20-10-6-7-11-21(20)27-2/h3-11,18H,12-17H2,1-2H3,(H2,23,24,25). The van der Waals surface area contributed by atoms with E-state index in [1.807, 2.05) is 37.0 Å². The molecule has 1 aliphatic rings. The van der Waals surface area contributed by atoms with E-state index in [1.165, 1.54) is 17.0 Å². The smallest absolute Gasteiger partial charge is 0.191 e. The number of hydrogen-bond donors (Lipinski definition) is 2. The lowest BCUT2D eigenvalue weighted by molar-refractivity contribution is 0.414. The monoisotopic (exact) mass is 398 g/mol. The molecule has 1 aliphatic heterocycles. The van der Waals surface area contributed by atoms with Crippen LogP contribution < -0.4 is 20.3 Å². The van der Waals surface area contributed by atoms with Crippen LogP contribution in [0.25, 0.3) is 0 Å². The molecule has 2 aromatic rings. The Bertz CT molecular complexity index is 753. The molecule has 2 aromatic carbocycles. The highest BCUT2D eigenvalue weighted by Gasteiger charge is 2.24. The number of nitrogens with zero attached hydrogens (tertiary/aromatic N) is 2. The third-order valence-electron chi connectivity index (χ3n) is 4.90. The molecule has 3 rings (SSSR count). The molecule has 2 N–H and O–H groups in total. The molecule has 0 bridgehead atoms. The van der Waals surface area contributed by atoms with Gasteiger partial charge in [0, 0.05) is 43.9 Å². The number of benzene rings is 2. The average molecular weight is 399 g/mol. The first kappa shape index (κ1) is 20.4. The number of anilines is 1. The molecule has 1 unspecified atom stereocenters. The summed E-state index contributed by atoms with van der Waals surface area (Å²) in [5, 5.41) is 6.89. The SMILES string of the molecule is CN=C(NCCSc1ccccc1)NCC1CCN(c2ccccc2OC)C1. The fourth-order valence-corrected chi connectivity index (χ4v) is 4.22. The Hall–Kier alpha value is -2.34. The van der Waals surface area contributed by atoms with E-state index in [0.29, 0.717) is 5.92 Å². The van der Waals surface area contributed by atoms with Gasteiger partial charge in [0.25, 0.3) is 0 Å². The lowest BCUT2D eigenvalue weighted by Crippen LogP contribution is -2.41. The molecule has 0 radical (unpaired) electrons. The number of ether oxygens (including phenoxy) is 1. The lowest BCUT2D eigenvalue weighted by Gasteiger charge is -2.21. The predicted molar refractivity (Wildman–Crippen MR) is 120 cm³/mol. The van der Waals surface area contributed by atoms with Gasteiger partial charge >= 0.3 is 0 Å². The van der Waals surface area contributed by atoms with Crippen molar-refractivity contribution in [2.75, 3.05) is 51.0 Å². The van der Waals surface area contributed by atoms with Crippen LogP contribution >= 0.6 is 11.8 Å². The van der Waals surface area contributed by atoms with E-state index in [2.05, 4.69) is 56.9 Å². The number of aliphatic imine (C=N–C) groups is 1. The van der Waals surface area contributed by atoms with Crippen LogP contribution in [0, 0.1) is 5.92 Å². The maximum absolute atomic E-state index is 5.51. The Morgan fingerprint density at radius 2 is 1.93 bits per heavy atom. The summed E-state index contributed by atoms with van der Waals surface area (Å²) in [5.41, 5.74) is 1.19. The zero-order valence-electron chi connectivity index (χ0n) is 16.7. The molecule has 1 atom stereocenters. The van der Waals surface area contributed by atoms with E-state index in [0.717, 1.165) is 43.6 Å². The van der Waals surface area contributed by atoms with Crippen molar-refractivity contribution in [2.24, 2.45) is 10.9 Å². The Morgan fingerprint density at radius 3 is 2.71 bits per heavy atom. The van der Waals surface area contributed by atoms with Gasteiger partial charge < -0.3 is 20.3 Å². The van der Waals surface area contributed by atoms with Crippen molar-refractivity contribution in [3.05, 3.63) is 54.6 Å². The molecule has 1 fully saturated rings. The van der Waals surface area contributed by atoms with Crippen LogP contribution in [0.4, 0.5) is 5.69 Å². The van der Waals surface area contributed by atoms with Gasteiger partial charge in [0.2, 0.25) is 0 Å². The van der Waals surface area contributed by atoms with Crippen LogP contribution in [0.5, 0.6) is 5.75 Å². The highest BCUT2D eigenvalue weighted by atomic mass is 32.2. The second-order valence-electron chi connectivity index (χ2n) is 6.81. The third-order valence-corrected chi connectivity index (χ3v) is 5.91. The number of methoxy groups -OCH3 is 1. The quantitative estimate of drug-likeness (QED) is 0.309. The van der Waals surface area contributed by atoms with Crippen LogP contribution in [0.1, 0.15) is 6.42 Å². The number of guanidine groups is 1. The van der Waals surface area contributed by atoms with E-state index in [4.69, 9.17) is 4.74 Å². The predicted octanol–water partition coefficient (Wildman–Crippen LogP) is 3.48. The Labute approximate surface area is 172 Å². The summed E-state index contributed by atoms with van der Waals surface area (Å²) < 4.78 is 5.51. The third kappa shape index (κ3) is 5.83. The lowest BCUT2D eigenvalue weighted by atomic mass is 10.1. The van der Waals surface area contributed by atoms with E-state index < -0.39 is 0 Å². The van der Waals surface area contributed by atoms with Crippen molar-refractivity contribution in [2.45, 2.75) is 11.3 Å². The Kier molecular flexibility index (Phi) is 7.91. The van der Waals surface area contributed by atoms with Gasteiger partial charge in [-0.25, -0.2) is 0 Å². The highest BCUT2D eigenvalue weighted by molar-refractivity contribution is 7.99. The highest BCUT2D eigenvalue weighted by Crippen LogP contribution is 2.31. The molecule has 6 heteroatoms. The number of nitrogens with one attached hydrogen (secondary N) is 2. The van der Waals surface area contributed by atoms with Crippen molar-refractivity contribution in [3.63, 3.8) is 0 Å². The molecule has 0 aliphatic carbocycles. The maximum Gasteiger partial charge on any atom is 0.191 e. The molecule has 150 valence electrons. The van der Waals surface area contributed by atoms with Crippen molar-refractivity contribution < 1.29 is 4.74 Å².